The molecule has 2 aromatic rings. The molecule has 0 bridgehead atoms. The zero-order valence-corrected chi connectivity index (χ0v) is 18.0. The molecule has 0 spiro atoms. The SMILES string of the molecule is CC1CN(c2nc(N3CCN(Cc4ccccc4)CC3)nc(N)c2[N+](=O)[O-])CC(C)O1. The van der Waals surface area contributed by atoms with Crippen molar-refractivity contribution in [1.82, 2.24) is 14.9 Å². The number of nitrogen functional groups attached to an aromatic ring is 1. The summed E-state index contributed by atoms with van der Waals surface area (Å²) in [6, 6.07) is 10.4. The lowest BCUT2D eigenvalue weighted by molar-refractivity contribution is -0.383. The van der Waals surface area contributed by atoms with Crippen molar-refractivity contribution >= 4 is 23.3 Å². The normalized spacial score (nSPS) is 22.5. The van der Waals surface area contributed by atoms with Gasteiger partial charge in [-0.25, -0.2) is 0 Å². The van der Waals surface area contributed by atoms with E-state index >= 15 is 0 Å². The lowest BCUT2D eigenvalue weighted by Crippen LogP contribution is -2.48. The van der Waals surface area contributed by atoms with E-state index in [4.69, 9.17) is 10.5 Å². The van der Waals surface area contributed by atoms with Gasteiger partial charge in [0.2, 0.25) is 17.6 Å². The number of rotatable bonds is 5. The number of nitrogens with two attached hydrogens (primary N) is 1. The second-order valence-corrected chi connectivity index (χ2v) is 8.25. The summed E-state index contributed by atoms with van der Waals surface area (Å²) < 4.78 is 5.77. The van der Waals surface area contributed by atoms with Gasteiger partial charge in [0.15, 0.2) is 0 Å². The van der Waals surface area contributed by atoms with Crippen LogP contribution in [-0.2, 0) is 11.3 Å². The van der Waals surface area contributed by atoms with E-state index in [0.717, 1.165) is 32.7 Å². The molecule has 1 aromatic carbocycles. The van der Waals surface area contributed by atoms with Crippen LogP contribution >= 0.6 is 0 Å². The number of piperazine rings is 1. The molecule has 1 aromatic heterocycles. The number of nitro groups is 1. The van der Waals surface area contributed by atoms with Gasteiger partial charge in [0, 0.05) is 45.8 Å². The van der Waals surface area contributed by atoms with Crippen LogP contribution in [0.3, 0.4) is 0 Å². The number of hydrogen-bond acceptors (Lipinski definition) is 9. The van der Waals surface area contributed by atoms with Crippen molar-refractivity contribution in [2.24, 2.45) is 0 Å². The van der Waals surface area contributed by atoms with Crippen molar-refractivity contribution in [3.8, 4) is 0 Å². The highest BCUT2D eigenvalue weighted by atomic mass is 16.6. The van der Waals surface area contributed by atoms with E-state index in [1.54, 1.807) is 0 Å². The summed E-state index contributed by atoms with van der Waals surface area (Å²) in [6.45, 7) is 9.02. The fourth-order valence-corrected chi connectivity index (χ4v) is 4.28. The number of morpholine rings is 1. The third-order valence-corrected chi connectivity index (χ3v) is 5.69. The van der Waals surface area contributed by atoms with Crippen LogP contribution in [0.1, 0.15) is 19.4 Å². The topological polar surface area (TPSA) is 114 Å². The second-order valence-electron chi connectivity index (χ2n) is 8.25. The number of nitrogens with zero attached hydrogens (tertiary/aromatic N) is 6. The van der Waals surface area contributed by atoms with E-state index in [1.165, 1.54) is 5.56 Å². The molecule has 0 radical (unpaired) electrons. The van der Waals surface area contributed by atoms with Crippen LogP contribution in [0.15, 0.2) is 30.3 Å². The molecule has 2 aliphatic heterocycles. The standard InChI is InChI=1S/C21H29N7O3/c1-15-12-27(13-16(2)31-15)20-18(28(29)30)19(22)23-21(24-20)26-10-8-25(9-11-26)14-17-6-4-3-5-7-17/h3-7,15-16H,8-14H2,1-2H3,(H2,22,23,24). The molecule has 10 nitrogen and oxygen atoms in total. The molecule has 166 valence electrons. The van der Waals surface area contributed by atoms with E-state index < -0.39 is 4.92 Å². The zero-order chi connectivity index (χ0) is 22.0. The van der Waals surface area contributed by atoms with Crippen molar-refractivity contribution < 1.29 is 9.66 Å². The van der Waals surface area contributed by atoms with Crippen LogP contribution in [-0.4, -0.2) is 71.3 Å². The third-order valence-electron chi connectivity index (χ3n) is 5.69. The number of hydrogen-bond donors (Lipinski definition) is 1. The molecule has 0 saturated carbocycles. The highest BCUT2D eigenvalue weighted by Crippen LogP contribution is 2.34. The maximum Gasteiger partial charge on any atom is 0.353 e. The quantitative estimate of drug-likeness (QED) is 0.564. The summed E-state index contributed by atoms with van der Waals surface area (Å²) in [7, 11) is 0. The van der Waals surface area contributed by atoms with E-state index in [-0.39, 0.29) is 29.5 Å². The molecule has 2 N–H and O–H groups in total. The molecular formula is C21H29N7O3. The molecule has 2 saturated heterocycles. The van der Waals surface area contributed by atoms with Gasteiger partial charge >= 0.3 is 5.69 Å². The van der Waals surface area contributed by atoms with Gasteiger partial charge in [0.25, 0.3) is 0 Å². The first-order valence-corrected chi connectivity index (χ1v) is 10.6. The Hall–Kier alpha value is -2.98. The zero-order valence-electron chi connectivity index (χ0n) is 18.0. The van der Waals surface area contributed by atoms with E-state index in [9.17, 15) is 10.1 Å². The molecule has 2 unspecified atom stereocenters. The maximum absolute atomic E-state index is 11.7. The highest BCUT2D eigenvalue weighted by molar-refractivity contribution is 5.71. The summed E-state index contributed by atoms with van der Waals surface area (Å²) in [6.07, 6.45) is -0.103. The minimum absolute atomic E-state index is 0.0514. The number of aromatic nitrogens is 2. The Balaban J connectivity index is 1.52. The molecule has 2 fully saturated rings. The first-order chi connectivity index (χ1) is 14.9. The Bertz CT molecular complexity index is 909. The number of benzene rings is 1. The van der Waals surface area contributed by atoms with Crippen molar-refractivity contribution in [3.63, 3.8) is 0 Å². The largest absolute Gasteiger partial charge is 0.378 e. The Morgan fingerprint density at radius 2 is 1.71 bits per heavy atom. The Morgan fingerprint density at radius 1 is 1.06 bits per heavy atom. The van der Waals surface area contributed by atoms with E-state index in [1.807, 2.05) is 36.9 Å². The average molecular weight is 428 g/mol. The lowest BCUT2D eigenvalue weighted by Gasteiger charge is -2.37. The Morgan fingerprint density at radius 3 is 2.32 bits per heavy atom. The van der Waals surface area contributed by atoms with Gasteiger partial charge in [0.1, 0.15) is 0 Å². The molecule has 2 atom stereocenters. The van der Waals surface area contributed by atoms with Crippen LogP contribution in [0.25, 0.3) is 0 Å². The van der Waals surface area contributed by atoms with Crippen molar-refractivity contribution in [3.05, 3.63) is 46.0 Å². The summed E-state index contributed by atoms with van der Waals surface area (Å²) in [5, 5.41) is 11.7. The predicted octanol–water partition coefficient (Wildman–Crippen LogP) is 1.90. The first kappa shape index (κ1) is 21.3. The lowest BCUT2D eigenvalue weighted by atomic mass is 10.2. The minimum atomic E-state index is -0.489. The van der Waals surface area contributed by atoms with Gasteiger partial charge in [-0.2, -0.15) is 9.97 Å². The maximum atomic E-state index is 11.7. The van der Waals surface area contributed by atoms with E-state index in [0.29, 0.717) is 19.0 Å². The average Bonchev–Trinajstić information content (AvgIpc) is 2.73. The first-order valence-electron chi connectivity index (χ1n) is 10.6. The second kappa shape index (κ2) is 9.03. The third kappa shape index (κ3) is 4.86. The molecule has 4 rings (SSSR count). The fourth-order valence-electron chi connectivity index (χ4n) is 4.28. The number of anilines is 3. The summed E-state index contributed by atoms with van der Waals surface area (Å²) in [4.78, 5) is 26.5. The van der Waals surface area contributed by atoms with Gasteiger partial charge in [-0.05, 0) is 19.4 Å². The Kier molecular flexibility index (Phi) is 6.19. The summed E-state index contributed by atoms with van der Waals surface area (Å²) in [5.41, 5.74) is 7.10. The molecule has 0 aliphatic carbocycles. The van der Waals surface area contributed by atoms with Crippen molar-refractivity contribution in [1.29, 1.82) is 0 Å². The molecule has 31 heavy (non-hydrogen) atoms. The van der Waals surface area contributed by atoms with Crippen LogP contribution in [0, 0.1) is 10.1 Å². The summed E-state index contributed by atoms with van der Waals surface area (Å²) >= 11 is 0. The van der Waals surface area contributed by atoms with Crippen molar-refractivity contribution in [2.75, 3.05) is 54.8 Å². The molecular weight excluding hydrogens is 398 g/mol. The van der Waals surface area contributed by atoms with Gasteiger partial charge in [-0.15, -0.1) is 0 Å². The molecule has 2 aliphatic rings. The van der Waals surface area contributed by atoms with E-state index in [2.05, 4.69) is 31.9 Å². The fraction of sp³-hybridized carbons (Fsp3) is 0.524. The van der Waals surface area contributed by atoms with Gasteiger partial charge in [0.05, 0.1) is 17.1 Å². The molecule has 0 amide bonds. The summed E-state index contributed by atoms with van der Waals surface area (Å²) in [5.74, 6) is 0.633. The monoisotopic (exact) mass is 427 g/mol. The van der Waals surface area contributed by atoms with Crippen LogP contribution in [0.4, 0.5) is 23.3 Å². The Labute approximate surface area is 181 Å². The number of ether oxygens (including phenoxy) is 1. The predicted molar refractivity (Wildman–Crippen MR) is 119 cm³/mol. The van der Waals surface area contributed by atoms with Gasteiger partial charge in [-0.1, -0.05) is 30.3 Å². The smallest absolute Gasteiger partial charge is 0.353 e. The van der Waals surface area contributed by atoms with Gasteiger partial charge < -0.3 is 20.3 Å². The molecule has 10 heteroatoms. The van der Waals surface area contributed by atoms with Crippen LogP contribution in [0.5, 0.6) is 0 Å². The highest BCUT2D eigenvalue weighted by Gasteiger charge is 2.33. The minimum Gasteiger partial charge on any atom is -0.378 e. The van der Waals surface area contributed by atoms with Crippen molar-refractivity contribution in [2.45, 2.75) is 32.6 Å². The molecule has 3 heterocycles. The van der Waals surface area contributed by atoms with Gasteiger partial charge in [-0.3, -0.25) is 15.0 Å². The van der Waals surface area contributed by atoms with Crippen LogP contribution in [0.2, 0.25) is 0 Å². The van der Waals surface area contributed by atoms with Crippen LogP contribution < -0.4 is 15.5 Å².